The van der Waals surface area contributed by atoms with E-state index < -0.39 is 0 Å². The Labute approximate surface area is 78.6 Å². The number of hydrogen-bond acceptors (Lipinski definition) is 1. The Bertz CT molecular complexity index is 345. The standard InChI is InChI=1S/C12H11N/c1-11-6-2-4-8-12(10-13)9-5-3-7-11/h2-9H,1H3. The zero-order chi connectivity index (χ0) is 9.52. The molecule has 1 aromatic carbocycles. The summed E-state index contributed by atoms with van der Waals surface area (Å²) in [4.78, 5) is 0. The predicted octanol–water partition coefficient (Wildman–Crippen LogP) is 2.99. The third-order valence-electron chi connectivity index (χ3n) is 1.62. The van der Waals surface area contributed by atoms with Gasteiger partial charge in [-0.3, -0.25) is 0 Å². The van der Waals surface area contributed by atoms with Crippen LogP contribution >= 0.6 is 0 Å². The highest BCUT2D eigenvalue weighted by Crippen LogP contribution is 1.94. The molecule has 0 aliphatic rings. The molecule has 0 aromatic heterocycles. The van der Waals surface area contributed by atoms with Crippen LogP contribution in [-0.2, 0) is 0 Å². The Hall–Kier alpha value is -1.81. The van der Waals surface area contributed by atoms with Gasteiger partial charge in [0.25, 0.3) is 0 Å². The summed E-state index contributed by atoms with van der Waals surface area (Å²) in [5, 5.41) is 8.68. The molecule has 1 rings (SSSR count). The van der Waals surface area contributed by atoms with Gasteiger partial charge in [0.1, 0.15) is 0 Å². The summed E-state index contributed by atoms with van der Waals surface area (Å²) in [7, 11) is 0. The van der Waals surface area contributed by atoms with Crippen LogP contribution in [0.2, 0.25) is 0 Å². The second-order valence-corrected chi connectivity index (χ2v) is 2.75. The zero-order valence-electron chi connectivity index (χ0n) is 7.57. The summed E-state index contributed by atoms with van der Waals surface area (Å²) in [5.41, 5.74) is 1.85. The van der Waals surface area contributed by atoms with Gasteiger partial charge in [-0.15, -0.1) is 0 Å². The molecule has 1 nitrogen and oxygen atoms in total. The van der Waals surface area contributed by atoms with Crippen LogP contribution in [0.1, 0.15) is 11.1 Å². The summed E-state index contributed by atoms with van der Waals surface area (Å²) >= 11 is 0. The lowest BCUT2D eigenvalue weighted by Gasteiger charge is -1.82. The average molecular weight is 169 g/mol. The molecule has 0 fully saturated rings. The van der Waals surface area contributed by atoms with E-state index in [4.69, 9.17) is 5.26 Å². The Balaban J connectivity index is 3.24. The largest absolute Gasteiger partial charge is 0.192 e. The molecule has 0 amide bonds. The molecule has 0 bridgehead atoms. The van der Waals surface area contributed by atoms with Crippen molar-refractivity contribution in [2.24, 2.45) is 0 Å². The highest BCUT2D eigenvalue weighted by molar-refractivity contribution is 5.26. The van der Waals surface area contributed by atoms with Crippen molar-refractivity contribution in [3.63, 3.8) is 0 Å². The smallest absolute Gasteiger partial charge is 0.0991 e. The normalized spacial score (nSPS) is 8.31. The molecule has 0 unspecified atom stereocenters. The van der Waals surface area contributed by atoms with E-state index in [2.05, 4.69) is 6.07 Å². The lowest BCUT2D eigenvalue weighted by Crippen LogP contribution is -1.66. The first-order valence-electron chi connectivity index (χ1n) is 4.13. The zero-order valence-corrected chi connectivity index (χ0v) is 7.57. The van der Waals surface area contributed by atoms with Gasteiger partial charge in [0, 0.05) is 0 Å². The lowest BCUT2D eigenvalue weighted by atomic mass is 10.2. The Morgan fingerprint density at radius 1 is 0.923 bits per heavy atom. The molecule has 64 valence electrons. The lowest BCUT2D eigenvalue weighted by molar-refractivity contribution is 1.47. The molecule has 0 spiro atoms. The van der Waals surface area contributed by atoms with E-state index in [1.54, 1.807) is 12.1 Å². The molecule has 0 N–H and O–H groups in total. The van der Waals surface area contributed by atoms with Crippen LogP contribution in [0, 0.1) is 18.3 Å². The van der Waals surface area contributed by atoms with Crippen molar-refractivity contribution < 1.29 is 0 Å². The van der Waals surface area contributed by atoms with Crippen LogP contribution < -0.4 is 0 Å². The summed E-state index contributed by atoms with van der Waals surface area (Å²) < 4.78 is 0. The van der Waals surface area contributed by atoms with Crippen molar-refractivity contribution in [3.05, 3.63) is 59.7 Å². The second kappa shape index (κ2) is 4.95. The van der Waals surface area contributed by atoms with E-state index in [1.807, 2.05) is 43.3 Å². The minimum atomic E-state index is 0.661. The van der Waals surface area contributed by atoms with E-state index in [9.17, 15) is 0 Å². The van der Waals surface area contributed by atoms with Crippen LogP contribution in [-0.4, -0.2) is 0 Å². The van der Waals surface area contributed by atoms with Crippen molar-refractivity contribution in [2.75, 3.05) is 0 Å². The fraction of sp³-hybridized carbons (Fsp3) is 0.0833. The van der Waals surface area contributed by atoms with Crippen molar-refractivity contribution in [1.82, 2.24) is 0 Å². The third-order valence-corrected chi connectivity index (χ3v) is 1.62. The number of nitrogens with zero attached hydrogens (tertiary/aromatic N) is 1. The molecule has 0 heterocycles. The van der Waals surface area contributed by atoms with E-state index in [-0.39, 0.29) is 0 Å². The van der Waals surface area contributed by atoms with Crippen LogP contribution in [0.15, 0.2) is 48.5 Å². The molecule has 0 aliphatic heterocycles. The molecule has 0 saturated carbocycles. The van der Waals surface area contributed by atoms with Crippen LogP contribution in [0.25, 0.3) is 0 Å². The van der Waals surface area contributed by atoms with Gasteiger partial charge in [-0.2, -0.15) is 5.26 Å². The van der Waals surface area contributed by atoms with Gasteiger partial charge in [-0.05, 0) is 19.1 Å². The second-order valence-electron chi connectivity index (χ2n) is 2.75. The third kappa shape index (κ3) is 3.39. The first-order valence-corrected chi connectivity index (χ1v) is 4.13. The Morgan fingerprint density at radius 2 is 1.38 bits per heavy atom. The first kappa shape index (κ1) is 9.28. The predicted molar refractivity (Wildman–Crippen MR) is 53.5 cm³/mol. The number of aryl methyl sites for hydroxylation is 1. The molecule has 1 heteroatoms. The van der Waals surface area contributed by atoms with Gasteiger partial charge in [0.05, 0.1) is 11.6 Å². The van der Waals surface area contributed by atoms with Gasteiger partial charge >= 0.3 is 0 Å². The molecular weight excluding hydrogens is 158 g/mol. The number of hydrogen-bond donors (Lipinski definition) is 0. The molecule has 0 atom stereocenters. The Kier molecular flexibility index (Phi) is 3.53. The fourth-order valence-corrected chi connectivity index (χ4v) is 0.919. The Morgan fingerprint density at radius 3 is 1.85 bits per heavy atom. The van der Waals surface area contributed by atoms with Gasteiger partial charge in [0.2, 0.25) is 0 Å². The fourth-order valence-electron chi connectivity index (χ4n) is 0.919. The molecule has 0 saturated heterocycles. The molecule has 1 aromatic rings. The quantitative estimate of drug-likeness (QED) is 0.585. The maximum atomic E-state index is 8.68. The summed E-state index contributed by atoms with van der Waals surface area (Å²) in [5.74, 6) is 0. The van der Waals surface area contributed by atoms with E-state index in [1.165, 1.54) is 5.56 Å². The maximum absolute atomic E-state index is 8.68. The minimum Gasteiger partial charge on any atom is -0.192 e. The maximum Gasteiger partial charge on any atom is 0.0991 e. The highest BCUT2D eigenvalue weighted by atomic mass is 14.2. The molecule has 0 radical (unpaired) electrons. The van der Waals surface area contributed by atoms with Gasteiger partial charge in [0.15, 0.2) is 0 Å². The monoisotopic (exact) mass is 169 g/mol. The van der Waals surface area contributed by atoms with Crippen LogP contribution in [0.5, 0.6) is 0 Å². The molecule has 13 heavy (non-hydrogen) atoms. The number of nitriles is 1. The van der Waals surface area contributed by atoms with E-state index >= 15 is 0 Å². The highest BCUT2D eigenvalue weighted by Gasteiger charge is 1.79. The van der Waals surface area contributed by atoms with E-state index in [0.717, 1.165) is 0 Å². The van der Waals surface area contributed by atoms with Crippen molar-refractivity contribution in [3.8, 4) is 6.07 Å². The first-order chi connectivity index (χ1) is 6.33. The summed E-state index contributed by atoms with van der Waals surface area (Å²) in [6.07, 6.45) is 0. The SMILES string of the molecule is Cc1ccccc(C#N)cccc1. The number of rotatable bonds is 0. The minimum absolute atomic E-state index is 0.661. The van der Waals surface area contributed by atoms with Gasteiger partial charge in [-0.25, -0.2) is 0 Å². The molecular formula is C12H11N. The summed E-state index contributed by atoms with van der Waals surface area (Å²) in [6, 6.07) is 17.3. The average Bonchev–Trinajstić information content (AvgIpc) is 2.16. The molecule has 0 aliphatic carbocycles. The topological polar surface area (TPSA) is 23.8 Å². The van der Waals surface area contributed by atoms with Crippen LogP contribution in [0.4, 0.5) is 0 Å². The van der Waals surface area contributed by atoms with Crippen molar-refractivity contribution in [2.45, 2.75) is 6.92 Å². The summed E-state index contributed by atoms with van der Waals surface area (Å²) in [6.45, 7) is 2.03. The van der Waals surface area contributed by atoms with Crippen molar-refractivity contribution >= 4 is 0 Å². The van der Waals surface area contributed by atoms with Crippen molar-refractivity contribution in [1.29, 1.82) is 5.26 Å². The van der Waals surface area contributed by atoms with Gasteiger partial charge in [-0.1, -0.05) is 42.0 Å². The van der Waals surface area contributed by atoms with Crippen LogP contribution in [0.3, 0.4) is 0 Å². The van der Waals surface area contributed by atoms with E-state index in [0.29, 0.717) is 5.56 Å². The van der Waals surface area contributed by atoms with Gasteiger partial charge < -0.3 is 0 Å².